The monoisotopic (exact) mass is 355 g/mol. The van der Waals surface area contributed by atoms with E-state index in [1.54, 1.807) is 19.2 Å². The second-order valence-electron chi connectivity index (χ2n) is 7.37. The molecule has 1 aliphatic carbocycles. The van der Waals surface area contributed by atoms with Gasteiger partial charge in [0.1, 0.15) is 5.75 Å². The van der Waals surface area contributed by atoms with Crippen molar-refractivity contribution in [1.82, 2.24) is 4.90 Å². The highest BCUT2D eigenvalue weighted by atomic mass is 16.5. The van der Waals surface area contributed by atoms with Crippen LogP contribution in [0.1, 0.15) is 54.3 Å². The fourth-order valence-corrected chi connectivity index (χ4v) is 4.75. The number of furan rings is 1. The van der Waals surface area contributed by atoms with E-state index < -0.39 is 5.60 Å². The molecule has 5 heteroatoms. The molecule has 1 saturated heterocycles. The zero-order chi connectivity index (χ0) is 18.1. The van der Waals surface area contributed by atoms with E-state index >= 15 is 0 Å². The number of likely N-dealkylation sites (tertiary alicyclic amines) is 1. The molecule has 138 valence electrons. The van der Waals surface area contributed by atoms with Crippen molar-refractivity contribution in [2.45, 2.75) is 43.7 Å². The average molecular weight is 355 g/mol. The van der Waals surface area contributed by atoms with Crippen LogP contribution in [0.3, 0.4) is 0 Å². The summed E-state index contributed by atoms with van der Waals surface area (Å²) >= 11 is 0. The van der Waals surface area contributed by atoms with Crippen LogP contribution in [0.25, 0.3) is 0 Å². The first-order valence-corrected chi connectivity index (χ1v) is 9.34. The van der Waals surface area contributed by atoms with Gasteiger partial charge in [0.05, 0.1) is 25.0 Å². The van der Waals surface area contributed by atoms with Crippen LogP contribution in [0.4, 0.5) is 0 Å². The standard InChI is InChI=1S/C21H25NO4/c1-25-17-9-3-2-7-15(17)19-16-8-4-5-11-21(16,24)12-13-22(19)20(23)18-10-6-14-26-18/h2-3,6-7,9-10,14,16,19,24H,4-5,8,11-13H2,1H3/t16-,19-,21+/m1/s1. The third-order valence-electron chi connectivity index (χ3n) is 6.02. The van der Waals surface area contributed by atoms with Crippen LogP contribution in [-0.4, -0.2) is 35.2 Å². The predicted octanol–water partition coefficient (Wildman–Crippen LogP) is 3.80. The Balaban J connectivity index is 1.79. The van der Waals surface area contributed by atoms with Gasteiger partial charge in [-0.05, 0) is 37.5 Å². The van der Waals surface area contributed by atoms with Gasteiger partial charge in [0, 0.05) is 18.0 Å². The Morgan fingerprint density at radius 1 is 1.23 bits per heavy atom. The molecular weight excluding hydrogens is 330 g/mol. The van der Waals surface area contributed by atoms with Crippen molar-refractivity contribution >= 4 is 5.91 Å². The summed E-state index contributed by atoms with van der Waals surface area (Å²) in [5, 5.41) is 11.3. The second kappa shape index (κ2) is 6.80. The zero-order valence-corrected chi connectivity index (χ0v) is 15.1. The normalized spacial score (nSPS) is 28.5. The third-order valence-corrected chi connectivity index (χ3v) is 6.02. The van der Waals surface area contributed by atoms with E-state index in [0.29, 0.717) is 18.7 Å². The topological polar surface area (TPSA) is 62.9 Å². The largest absolute Gasteiger partial charge is 0.496 e. The zero-order valence-electron chi connectivity index (χ0n) is 15.1. The van der Waals surface area contributed by atoms with Gasteiger partial charge in [-0.2, -0.15) is 0 Å². The number of fused-ring (bicyclic) bond motifs is 1. The van der Waals surface area contributed by atoms with Gasteiger partial charge in [-0.25, -0.2) is 0 Å². The molecule has 1 amide bonds. The lowest BCUT2D eigenvalue weighted by Crippen LogP contribution is -2.56. The van der Waals surface area contributed by atoms with Crippen molar-refractivity contribution in [2.75, 3.05) is 13.7 Å². The molecule has 0 radical (unpaired) electrons. The van der Waals surface area contributed by atoms with Gasteiger partial charge in [-0.3, -0.25) is 4.79 Å². The molecule has 0 bridgehead atoms. The van der Waals surface area contributed by atoms with Gasteiger partial charge in [0.2, 0.25) is 0 Å². The molecular formula is C21H25NO4. The van der Waals surface area contributed by atoms with Crippen molar-refractivity contribution in [3.05, 3.63) is 54.0 Å². The molecule has 5 nitrogen and oxygen atoms in total. The van der Waals surface area contributed by atoms with E-state index in [1.165, 1.54) is 6.26 Å². The maximum Gasteiger partial charge on any atom is 0.290 e. The van der Waals surface area contributed by atoms with Crippen molar-refractivity contribution in [1.29, 1.82) is 0 Å². The number of carbonyl (C=O) groups is 1. The number of benzene rings is 1. The van der Waals surface area contributed by atoms with E-state index in [-0.39, 0.29) is 17.9 Å². The highest BCUT2D eigenvalue weighted by Crippen LogP contribution is 2.51. The Morgan fingerprint density at radius 2 is 2.08 bits per heavy atom. The number of amides is 1. The number of nitrogens with zero attached hydrogens (tertiary/aromatic N) is 1. The number of para-hydroxylation sites is 1. The number of hydrogen-bond donors (Lipinski definition) is 1. The summed E-state index contributed by atoms with van der Waals surface area (Å²) in [4.78, 5) is 15.0. The van der Waals surface area contributed by atoms with E-state index in [2.05, 4.69) is 0 Å². The van der Waals surface area contributed by atoms with Gasteiger partial charge in [-0.1, -0.05) is 31.0 Å². The Bertz CT molecular complexity index is 772. The Labute approximate surface area is 153 Å². The molecule has 2 aliphatic rings. The molecule has 2 heterocycles. The number of rotatable bonds is 3. The van der Waals surface area contributed by atoms with E-state index in [1.807, 2.05) is 29.2 Å². The quantitative estimate of drug-likeness (QED) is 0.910. The van der Waals surface area contributed by atoms with Crippen LogP contribution in [-0.2, 0) is 0 Å². The number of aliphatic hydroxyl groups is 1. The Hall–Kier alpha value is -2.27. The summed E-state index contributed by atoms with van der Waals surface area (Å²) in [5.41, 5.74) is 0.240. The van der Waals surface area contributed by atoms with E-state index in [4.69, 9.17) is 9.15 Å². The average Bonchev–Trinajstić information content (AvgIpc) is 3.21. The first kappa shape index (κ1) is 17.2. The number of methoxy groups -OCH3 is 1. The molecule has 4 rings (SSSR count). The van der Waals surface area contributed by atoms with Crippen LogP contribution < -0.4 is 4.74 Å². The van der Waals surface area contributed by atoms with E-state index in [9.17, 15) is 9.90 Å². The van der Waals surface area contributed by atoms with Gasteiger partial charge < -0.3 is 19.2 Å². The number of piperidine rings is 1. The highest BCUT2D eigenvalue weighted by molar-refractivity contribution is 5.92. The van der Waals surface area contributed by atoms with Crippen LogP contribution in [0.2, 0.25) is 0 Å². The van der Waals surface area contributed by atoms with Crippen molar-refractivity contribution in [2.24, 2.45) is 5.92 Å². The molecule has 1 aliphatic heterocycles. The van der Waals surface area contributed by atoms with Gasteiger partial charge in [0.15, 0.2) is 5.76 Å². The summed E-state index contributed by atoms with van der Waals surface area (Å²) in [6.45, 7) is 0.509. The van der Waals surface area contributed by atoms with Crippen molar-refractivity contribution < 1.29 is 19.1 Å². The second-order valence-corrected chi connectivity index (χ2v) is 7.37. The maximum absolute atomic E-state index is 13.1. The number of carbonyl (C=O) groups excluding carboxylic acids is 1. The summed E-state index contributed by atoms with van der Waals surface area (Å²) in [6.07, 6.45) is 5.94. The van der Waals surface area contributed by atoms with E-state index in [0.717, 1.165) is 37.0 Å². The molecule has 1 aromatic heterocycles. The molecule has 1 N–H and O–H groups in total. The molecule has 1 saturated carbocycles. The molecule has 26 heavy (non-hydrogen) atoms. The molecule has 1 aromatic carbocycles. The molecule has 0 spiro atoms. The predicted molar refractivity (Wildman–Crippen MR) is 97.0 cm³/mol. The van der Waals surface area contributed by atoms with Gasteiger partial charge in [0.25, 0.3) is 5.91 Å². The third kappa shape index (κ3) is 2.80. The Morgan fingerprint density at radius 3 is 2.85 bits per heavy atom. The van der Waals surface area contributed by atoms with Gasteiger partial charge in [-0.15, -0.1) is 0 Å². The van der Waals surface area contributed by atoms with Crippen molar-refractivity contribution in [3.63, 3.8) is 0 Å². The van der Waals surface area contributed by atoms with Crippen molar-refractivity contribution in [3.8, 4) is 5.75 Å². The van der Waals surface area contributed by atoms with Gasteiger partial charge >= 0.3 is 0 Å². The Kier molecular flexibility index (Phi) is 4.49. The lowest BCUT2D eigenvalue weighted by atomic mass is 9.66. The highest BCUT2D eigenvalue weighted by Gasteiger charge is 2.51. The SMILES string of the molecule is COc1ccccc1[C@@H]1[C@H]2CCCC[C@]2(O)CCN1C(=O)c1ccco1. The van der Waals surface area contributed by atoms with Crippen LogP contribution in [0, 0.1) is 5.92 Å². The minimum absolute atomic E-state index is 0.000197. The fraction of sp³-hybridized carbons (Fsp3) is 0.476. The van der Waals surface area contributed by atoms with Crippen LogP contribution in [0.15, 0.2) is 47.1 Å². The summed E-state index contributed by atoms with van der Waals surface area (Å²) in [6, 6.07) is 11.0. The number of hydrogen-bond acceptors (Lipinski definition) is 4. The summed E-state index contributed by atoms with van der Waals surface area (Å²) in [7, 11) is 1.65. The number of ether oxygens (including phenoxy) is 1. The molecule has 3 atom stereocenters. The van der Waals surface area contributed by atoms with Crippen LogP contribution in [0.5, 0.6) is 5.75 Å². The lowest BCUT2D eigenvalue weighted by Gasteiger charge is -2.52. The molecule has 2 fully saturated rings. The first-order chi connectivity index (χ1) is 12.6. The first-order valence-electron chi connectivity index (χ1n) is 9.34. The van der Waals surface area contributed by atoms with Crippen LogP contribution >= 0.6 is 0 Å². The minimum atomic E-state index is -0.719. The maximum atomic E-state index is 13.1. The smallest absolute Gasteiger partial charge is 0.290 e. The summed E-state index contributed by atoms with van der Waals surface area (Å²) in [5.74, 6) is 0.967. The lowest BCUT2D eigenvalue weighted by molar-refractivity contribution is -0.115. The molecule has 2 aromatic rings. The summed E-state index contributed by atoms with van der Waals surface area (Å²) < 4.78 is 11.0. The fourth-order valence-electron chi connectivity index (χ4n) is 4.75. The molecule has 0 unspecified atom stereocenters. The minimum Gasteiger partial charge on any atom is -0.496 e.